The first-order valence-electron chi connectivity index (χ1n) is 5.19. The lowest BCUT2D eigenvalue weighted by Crippen LogP contribution is -2.30. The van der Waals surface area contributed by atoms with Crippen LogP contribution in [0.2, 0.25) is 0 Å². The lowest BCUT2D eigenvalue weighted by atomic mass is 10.1. The molecule has 0 aliphatic carbocycles. The van der Waals surface area contributed by atoms with Gasteiger partial charge in [0.1, 0.15) is 5.82 Å². The van der Waals surface area contributed by atoms with Gasteiger partial charge in [0, 0.05) is 23.1 Å². The molecular formula is C11H16FN3OS. The minimum atomic E-state index is -0.428. The maximum atomic E-state index is 13.5. The summed E-state index contributed by atoms with van der Waals surface area (Å²) in [7, 11) is 0. The highest BCUT2D eigenvalue weighted by Gasteiger charge is 2.10. The molecule has 1 aromatic carbocycles. The summed E-state index contributed by atoms with van der Waals surface area (Å²) in [6.45, 7) is 2.51. The van der Waals surface area contributed by atoms with Gasteiger partial charge in [0.2, 0.25) is 0 Å². The van der Waals surface area contributed by atoms with E-state index in [4.69, 9.17) is 11.6 Å². The van der Waals surface area contributed by atoms with Crippen molar-refractivity contribution in [2.75, 3.05) is 6.54 Å². The lowest BCUT2D eigenvalue weighted by molar-refractivity contribution is 0.0953. The Labute approximate surface area is 104 Å². The molecule has 6 heteroatoms. The molecule has 1 rings (SSSR count). The van der Waals surface area contributed by atoms with Gasteiger partial charge in [-0.2, -0.15) is 11.8 Å². The first kappa shape index (κ1) is 14.0. The second-order valence-electron chi connectivity index (χ2n) is 3.64. The number of thioether (sulfide) groups is 1. The van der Waals surface area contributed by atoms with Crippen LogP contribution in [0.5, 0.6) is 0 Å². The SMILES string of the molecule is CC(CN)SCc1cc(C(=O)NN)ccc1F. The Morgan fingerprint density at radius 3 is 2.88 bits per heavy atom. The molecule has 0 aromatic heterocycles. The van der Waals surface area contributed by atoms with E-state index in [1.165, 1.54) is 18.2 Å². The Morgan fingerprint density at radius 2 is 2.29 bits per heavy atom. The largest absolute Gasteiger partial charge is 0.329 e. The predicted molar refractivity (Wildman–Crippen MR) is 67.9 cm³/mol. The van der Waals surface area contributed by atoms with Crippen LogP contribution in [0, 0.1) is 5.82 Å². The molecule has 0 aliphatic heterocycles. The number of amides is 1. The Hall–Kier alpha value is -1.11. The number of hydrogen-bond donors (Lipinski definition) is 3. The van der Waals surface area contributed by atoms with E-state index in [2.05, 4.69) is 0 Å². The number of nitrogens with one attached hydrogen (secondary N) is 1. The smallest absolute Gasteiger partial charge is 0.265 e. The van der Waals surface area contributed by atoms with Gasteiger partial charge in [0.25, 0.3) is 5.91 Å². The van der Waals surface area contributed by atoms with Crippen LogP contribution < -0.4 is 17.0 Å². The summed E-state index contributed by atoms with van der Waals surface area (Å²) in [6.07, 6.45) is 0. The summed E-state index contributed by atoms with van der Waals surface area (Å²) in [6, 6.07) is 4.18. The zero-order valence-corrected chi connectivity index (χ0v) is 10.4. The number of carbonyl (C=O) groups is 1. The Balaban J connectivity index is 2.80. The van der Waals surface area contributed by atoms with E-state index in [0.717, 1.165) is 0 Å². The number of benzene rings is 1. The maximum absolute atomic E-state index is 13.5. The van der Waals surface area contributed by atoms with Crippen LogP contribution in [0.25, 0.3) is 0 Å². The first-order valence-corrected chi connectivity index (χ1v) is 6.24. The monoisotopic (exact) mass is 257 g/mol. The third-order valence-corrected chi connectivity index (χ3v) is 3.53. The van der Waals surface area contributed by atoms with E-state index >= 15 is 0 Å². The third kappa shape index (κ3) is 3.99. The molecule has 0 radical (unpaired) electrons. The summed E-state index contributed by atoms with van der Waals surface area (Å²) >= 11 is 1.54. The van der Waals surface area contributed by atoms with Gasteiger partial charge in [-0.25, -0.2) is 10.2 Å². The normalized spacial score (nSPS) is 12.2. The molecule has 0 bridgehead atoms. The Morgan fingerprint density at radius 1 is 1.59 bits per heavy atom. The molecule has 0 saturated heterocycles. The zero-order valence-electron chi connectivity index (χ0n) is 9.57. The molecular weight excluding hydrogens is 241 g/mol. The summed E-state index contributed by atoms with van der Waals surface area (Å²) in [5.41, 5.74) is 8.33. The van der Waals surface area contributed by atoms with Gasteiger partial charge in [-0.05, 0) is 23.8 Å². The van der Waals surface area contributed by atoms with Crippen molar-refractivity contribution in [2.24, 2.45) is 11.6 Å². The van der Waals surface area contributed by atoms with Crippen molar-refractivity contribution < 1.29 is 9.18 Å². The Kier molecular flexibility index (Phi) is 5.40. The second kappa shape index (κ2) is 6.58. The quantitative estimate of drug-likeness (QED) is 0.418. The number of carbonyl (C=O) groups excluding carboxylic acids is 1. The van der Waals surface area contributed by atoms with Crippen LogP contribution in [0.1, 0.15) is 22.8 Å². The first-order chi connectivity index (χ1) is 8.08. The molecule has 4 nitrogen and oxygen atoms in total. The maximum Gasteiger partial charge on any atom is 0.265 e. The highest BCUT2D eigenvalue weighted by Crippen LogP contribution is 2.20. The Bertz CT molecular complexity index is 400. The molecule has 17 heavy (non-hydrogen) atoms. The van der Waals surface area contributed by atoms with Gasteiger partial charge in [-0.15, -0.1) is 0 Å². The fourth-order valence-corrected chi connectivity index (χ4v) is 2.03. The van der Waals surface area contributed by atoms with Gasteiger partial charge in [-0.1, -0.05) is 6.92 Å². The van der Waals surface area contributed by atoms with Crippen LogP contribution in [-0.4, -0.2) is 17.7 Å². The molecule has 1 unspecified atom stereocenters. The standard InChI is InChI=1S/C11H16FN3OS/c1-7(5-13)17-6-9-4-8(11(16)15-14)2-3-10(9)12/h2-4,7H,5-6,13-14H2,1H3,(H,15,16). The molecule has 0 spiro atoms. The van der Waals surface area contributed by atoms with Crippen LogP contribution in [0.15, 0.2) is 18.2 Å². The average molecular weight is 257 g/mol. The van der Waals surface area contributed by atoms with Crippen molar-refractivity contribution in [1.29, 1.82) is 0 Å². The molecule has 1 amide bonds. The number of rotatable bonds is 5. The van der Waals surface area contributed by atoms with E-state index in [1.807, 2.05) is 12.3 Å². The van der Waals surface area contributed by atoms with Gasteiger partial charge < -0.3 is 5.73 Å². The topological polar surface area (TPSA) is 81.1 Å². The van der Waals surface area contributed by atoms with E-state index in [0.29, 0.717) is 23.4 Å². The van der Waals surface area contributed by atoms with Gasteiger partial charge >= 0.3 is 0 Å². The number of hydrazine groups is 1. The average Bonchev–Trinajstić information content (AvgIpc) is 2.36. The summed E-state index contributed by atoms with van der Waals surface area (Å²) in [4.78, 5) is 11.3. The van der Waals surface area contributed by atoms with Crippen molar-refractivity contribution >= 4 is 17.7 Å². The number of halogens is 1. The summed E-state index contributed by atoms with van der Waals surface area (Å²) < 4.78 is 13.5. The van der Waals surface area contributed by atoms with Crippen molar-refractivity contribution in [2.45, 2.75) is 17.9 Å². The van der Waals surface area contributed by atoms with Gasteiger partial charge in [-0.3, -0.25) is 10.2 Å². The minimum Gasteiger partial charge on any atom is -0.329 e. The van der Waals surface area contributed by atoms with Crippen molar-refractivity contribution in [3.05, 3.63) is 35.1 Å². The van der Waals surface area contributed by atoms with Gasteiger partial charge in [0.05, 0.1) is 0 Å². The summed E-state index contributed by atoms with van der Waals surface area (Å²) in [5.74, 6) is 4.75. The van der Waals surface area contributed by atoms with Crippen molar-refractivity contribution in [3.63, 3.8) is 0 Å². The van der Waals surface area contributed by atoms with E-state index in [-0.39, 0.29) is 11.1 Å². The van der Waals surface area contributed by atoms with Crippen molar-refractivity contribution in [1.82, 2.24) is 5.43 Å². The van der Waals surface area contributed by atoms with Crippen LogP contribution in [0.3, 0.4) is 0 Å². The molecule has 5 N–H and O–H groups in total. The second-order valence-corrected chi connectivity index (χ2v) is 5.06. The number of nitrogens with two attached hydrogens (primary N) is 2. The fourth-order valence-electron chi connectivity index (χ4n) is 1.21. The predicted octanol–water partition coefficient (Wildman–Crippen LogP) is 1.01. The number of hydrogen-bond acceptors (Lipinski definition) is 4. The van der Waals surface area contributed by atoms with Crippen LogP contribution >= 0.6 is 11.8 Å². The zero-order chi connectivity index (χ0) is 12.8. The van der Waals surface area contributed by atoms with Crippen LogP contribution in [-0.2, 0) is 5.75 Å². The van der Waals surface area contributed by atoms with E-state index in [1.54, 1.807) is 11.8 Å². The lowest BCUT2D eigenvalue weighted by Gasteiger charge is -2.09. The molecule has 0 aliphatic rings. The molecule has 1 aromatic rings. The highest BCUT2D eigenvalue weighted by molar-refractivity contribution is 7.99. The molecule has 0 saturated carbocycles. The molecule has 1 atom stereocenters. The fraction of sp³-hybridized carbons (Fsp3) is 0.364. The third-order valence-electron chi connectivity index (χ3n) is 2.29. The van der Waals surface area contributed by atoms with Crippen LogP contribution in [0.4, 0.5) is 4.39 Å². The van der Waals surface area contributed by atoms with E-state index < -0.39 is 5.91 Å². The van der Waals surface area contributed by atoms with E-state index in [9.17, 15) is 9.18 Å². The highest BCUT2D eigenvalue weighted by atomic mass is 32.2. The van der Waals surface area contributed by atoms with Gasteiger partial charge in [0.15, 0.2) is 0 Å². The number of nitrogen functional groups attached to an aromatic ring is 1. The minimum absolute atomic E-state index is 0.251. The molecule has 94 valence electrons. The summed E-state index contributed by atoms with van der Waals surface area (Å²) in [5, 5.41) is 0.251. The molecule has 0 heterocycles. The van der Waals surface area contributed by atoms with Crippen molar-refractivity contribution in [3.8, 4) is 0 Å². The molecule has 0 fully saturated rings.